The summed E-state index contributed by atoms with van der Waals surface area (Å²) in [6, 6.07) is 0.811. The van der Waals surface area contributed by atoms with Crippen LogP contribution in [0.15, 0.2) is 0 Å². The first-order valence-electron chi connectivity index (χ1n) is 10.5. The van der Waals surface area contributed by atoms with Gasteiger partial charge >= 0.3 is 6.09 Å². The lowest BCUT2D eigenvalue weighted by molar-refractivity contribution is -0.0160. The van der Waals surface area contributed by atoms with Crippen molar-refractivity contribution in [3.8, 4) is 0 Å². The van der Waals surface area contributed by atoms with Gasteiger partial charge in [-0.3, -0.25) is 0 Å². The van der Waals surface area contributed by atoms with Crippen molar-refractivity contribution in [2.24, 2.45) is 11.7 Å². The summed E-state index contributed by atoms with van der Waals surface area (Å²) in [7, 11) is 1.00. The van der Waals surface area contributed by atoms with E-state index in [0.29, 0.717) is 18.1 Å². The van der Waals surface area contributed by atoms with Crippen molar-refractivity contribution in [1.29, 1.82) is 0 Å². The fraction of sp³-hybridized carbons (Fsp3) is 0.952. The molecule has 1 heterocycles. The quantitative estimate of drug-likeness (QED) is 0.769. The number of likely N-dealkylation sites (tertiary alicyclic amines) is 1. The molecule has 2 aliphatic rings. The number of hydrogen-bond acceptors (Lipinski definition) is 5. The number of nitrogens with two attached hydrogens (primary N) is 1. The maximum atomic E-state index is 12.5. The summed E-state index contributed by atoms with van der Waals surface area (Å²) in [5.41, 5.74) is 5.51. The van der Waals surface area contributed by atoms with Crippen molar-refractivity contribution in [2.75, 3.05) is 13.7 Å². The van der Waals surface area contributed by atoms with Crippen LogP contribution in [0, 0.1) is 5.92 Å². The lowest BCUT2D eigenvalue weighted by Crippen LogP contribution is -2.51. The molecule has 2 rings (SSSR count). The summed E-state index contributed by atoms with van der Waals surface area (Å²) in [5.74, 6) is 0.620. The van der Waals surface area contributed by atoms with Crippen LogP contribution in [-0.2, 0) is 9.47 Å². The minimum atomic E-state index is -0.441. The average Bonchev–Trinajstić information content (AvgIpc) is 2.56. The Balaban J connectivity index is 0.00000176. The molecule has 0 bridgehead atoms. The number of amides is 1. The second-order valence-corrected chi connectivity index (χ2v) is 9.12. The number of piperidine rings is 1. The zero-order valence-electron chi connectivity index (χ0n) is 18.2. The first-order chi connectivity index (χ1) is 12.7. The minimum absolute atomic E-state index is 0.180. The van der Waals surface area contributed by atoms with E-state index in [1.807, 2.05) is 25.7 Å². The van der Waals surface area contributed by atoms with E-state index in [2.05, 4.69) is 13.8 Å². The summed E-state index contributed by atoms with van der Waals surface area (Å²) >= 11 is 0. The molecule has 27 heavy (non-hydrogen) atoms. The third kappa shape index (κ3) is 8.36. The number of carbonyl (C=O) groups is 1. The molecular formula is C21H42N2O4. The molecule has 3 N–H and O–H groups in total. The standard InChI is InChI=1S/C20H38N2O3.CH4O/c1-14-12-16(10-11-24-18-8-6-17(21)7-9-18)13-15(2)22(14)19(23)25-20(3,4)5;1-2/h14-18H,6-13,21H2,1-5H3;2H,1H3/t14-,15+,16?,17?,18?;. The zero-order valence-corrected chi connectivity index (χ0v) is 18.2. The molecule has 1 saturated carbocycles. The highest BCUT2D eigenvalue weighted by atomic mass is 16.6. The Morgan fingerprint density at radius 1 is 1.07 bits per heavy atom. The van der Waals surface area contributed by atoms with Crippen LogP contribution in [0.5, 0.6) is 0 Å². The first kappa shape index (κ1) is 24.2. The molecule has 6 nitrogen and oxygen atoms in total. The lowest BCUT2D eigenvalue weighted by atomic mass is 9.85. The summed E-state index contributed by atoms with van der Waals surface area (Å²) in [6.07, 6.45) is 7.75. The maximum absolute atomic E-state index is 12.5. The van der Waals surface area contributed by atoms with Crippen LogP contribution >= 0.6 is 0 Å². The number of nitrogens with zero attached hydrogens (tertiary/aromatic N) is 1. The van der Waals surface area contributed by atoms with E-state index >= 15 is 0 Å². The summed E-state index contributed by atoms with van der Waals surface area (Å²) in [5, 5.41) is 7.00. The van der Waals surface area contributed by atoms with Gasteiger partial charge in [0.25, 0.3) is 0 Å². The molecule has 0 aromatic carbocycles. The van der Waals surface area contributed by atoms with Gasteiger partial charge in [0.15, 0.2) is 0 Å². The van der Waals surface area contributed by atoms with E-state index in [1.54, 1.807) is 0 Å². The van der Waals surface area contributed by atoms with E-state index < -0.39 is 5.60 Å². The highest BCUT2D eigenvalue weighted by Gasteiger charge is 2.36. The van der Waals surface area contributed by atoms with Gasteiger partial charge in [-0.05, 0) is 85.5 Å². The number of carbonyl (C=O) groups excluding carboxylic acids is 1. The molecule has 1 saturated heterocycles. The Morgan fingerprint density at radius 3 is 2.07 bits per heavy atom. The van der Waals surface area contributed by atoms with Gasteiger partial charge in [0.05, 0.1) is 6.10 Å². The molecule has 3 atom stereocenters. The average molecular weight is 387 g/mol. The molecule has 6 heteroatoms. The number of aliphatic hydroxyl groups is 1. The second kappa shape index (κ2) is 11.2. The summed E-state index contributed by atoms with van der Waals surface area (Å²) in [4.78, 5) is 14.4. The molecule has 0 aromatic rings. The topological polar surface area (TPSA) is 85.0 Å². The number of rotatable bonds is 4. The fourth-order valence-corrected chi connectivity index (χ4v) is 4.29. The number of ether oxygens (including phenoxy) is 2. The van der Waals surface area contributed by atoms with Gasteiger partial charge < -0.3 is 25.2 Å². The van der Waals surface area contributed by atoms with Crippen LogP contribution in [0.4, 0.5) is 4.79 Å². The van der Waals surface area contributed by atoms with E-state index in [4.69, 9.17) is 20.3 Å². The van der Waals surface area contributed by atoms with Crippen molar-refractivity contribution in [1.82, 2.24) is 4.90 Å². The Hall–Kier alpha value is -0.850. The van der Waals surface area contributed by atoms with E-state index in [1.165, 1.54) is 0 Å². The lowest BCUT2D eigenvalue weighted by Gasteiger charge is -2.43. The van der Waals surface area contributed by atoms with E-state index in [-0.39, 0.29) is 18.2 Å². The van der Waals surface area contributed by atoms with Crippen LogP contribution in [0.2, 0.25) is 0 Å². The molecule has 1 aliphatic carbocycles. The van der Waals surface area contributed by atoms with Crippen LogP contribution in [-0.4, -0.2) is 59.6 Å². The maximum Gasteiger partial charge on any atom is 0.410 e. The second-order valence-electron chi connectivity index (χ2n) is 9.12. The van der Waals surface area contributed by atoms with Gasteiger partial charge in [0.2, 0.25) is 0 Å². The van der Waals surface area contributed by atoms with Gasteiger partial charge in [-0.1, -0.05) is 0 Å². The van der Waals surface area contributed by atoms with Gasteiger partial charge in [-0.2, -0.15) is 0 Å². The monoisotopic (exact) mass is 386 g/mol. The molecule has 1 amide bonds. The van der Waals surface area contributed by atoms with Crippen LogP contribution in [0.25, 0.3) is 0 Å². The SMILES string of the molecule is CO.C[C@@H]1CC(CCOC2CCC(N)CC2)C[C@H](C)N1C(=O)OC(C)(C)C. The van der Waals surface area contributed by atoms with Crippen LogP contribution < -0.4 is 5.73 Å². The molecule has 0 radical (unpaired) electrons. The van der Waals surface area contributed by atoms with Crippen molar-refractivity contribution >= 4 is 6.09 Å². The van der Waals surface area contributed by atoms with Crippen molar-refractivity contribution in [3.63, 3.8) is 0 Å². The molecular weight excluding hydrogens is 344 g/mol. The van der Waals surface area contributed by atoms with Gasteiger partial charge in [-0.25, -0.2) is 4.79 Å². The molecule has 0 aromatic heterocycles. The van der Waals surface area contributed by atoms with E-state index in [0.717, 1.165) is 58.7 Å². The fourth-order valence-electron chi connectivity index (χ4n) is 4.29. The molecule has 1 unspecified atom stereocenters. The molecule has 0 spiro atoms. The summed E-state index contributed by atoms with van der Waals surface area (Å²) < 4.78 is 11.7. The highest BCUT2D eigenvalue weighted by Crippen LogP contribution is 2.31. The van der Waals surface area contributed by atoms with Crippen molar-refractivity contribution in [3.05, 3.63) is 0 Å². The largest absolute Gasteiger partial charge is 0.444 e. The molecule has 2 fully saturated rings. The van der Waals surface area contributed by atoms with Crippen LogP contribution in [0.3, 0.4) is 0 Å². The minimum Gasteiger partial charge on any atom is -0.444 e. The Kier molecular flexibility index (Phi) is 10.1. The third-order valence-corrected chi connectivity index (χ3v) is 5.50. The Morgan fingerprint density at radius 2 is 1.59 bits per heavy atom. The van der Waals surface area contributed by atoms with Gasteiger partial charge in [0, 0.05) is 31.8 Å². The van der Waals surface area contributed by atoms with Crippen molar-refractivity contribution < 1.29 is 19.4 Å². The predicted molar refractivity (Wildman–Crippen MR) is 109 cm³/mol. The molecule has 160 valence electrons. The van der Waals surface area contributed by atoms with Gasteiger partial charge in [-0.15, -0.1) is 0 Å². The predicted octanol–water partition coefficient (Wildman–Crippen LogP) is 3.70. The normalized spacial score (nSPS) is 31.7. The number of hydrogen-bond donors (Lipinski definition) is 2. The first-order valence-corrected chi connectivity index (χ1v) is 10.5. The highest BCUT2D eigenvalue weighted by molar-refractivity contribution is 5.69. The zero-order chi connectivity index (χ0) is 20.6. The smallest absolute Gasteiger partial charge is 0.410 e. The molecule has 1 aliphatic heterocycles. The Labute approximate surface area is 165 Å². The number of aliphatic hydroxyl groups excluding tert-OH is 1. The van der Waals surface area contributed by atoms with Gasteiger partial charge in [0.1, 0.15) is 5.60 Å². The van der Waals surface area contributed by atoms with E-state index in [9.17, 15) is 4.79 Å². The third-order valence-electron chi connectivity index (χ3n) is 5.50. The van der Waals surface area contributed by atoms with Crippen LogP contribution in [0.1, 0.15) is 79.6 Å². The summed E-state index contributed by atoms with van der Waals surface area (Å²) in [6.45, 7) is 10.9. The van der Waals surface area contributed by atoms with Crippen molar-refractivity contribution in [2.45, 2.75) is 109 Å². The Bertz CT molecular complexity index is 418.